The van der Waals surface area contributed by atoms with Crippen LogP contribution in [0.5, 0.6) is 0 Å². The van der Waals surface area contributed by atoms with Crippen LogP contribution in [0.4, 0.5) is 0 Å². The monoisotopic (exact) mass is 344 g/mol. The van der Waals surface area contributed by atoms with Crippen molar-refractivity contribution >= 4 is 23.6 Å². The molecule has 3 rings (SSSR count). The van der Waals surface area contributed by atoms with Crippen LogP contribution in [0.15, 0.2) is 18.2 Å². The first-order valence-electron chi connectivity index (χ1n) is 8.20. The zero-order valence-corrected chi connectivity index (χ0v) is 13.9. The SMILES string of the molecule is C[C@H](N)CNCc1cccc2c1C(=O)N(C1CCC(=O)NC1=O)C2=O. The van der Waals surface area contributed by atoms with E-state index >= 15 is 0 Å². The van der Waals surface area contributed by atoms with Crippen LogP contribution in [0.2, 0.25) is 0 Å². The Balaban J connectivity index is 1.86. The summed E-state index contributed by atoms with van der Waals surface area (Å²) in [6.07, 6.45) is 0.251. The predicted molar refractivity (Wildman–Crippen MR) is 88.5 cm³/mol. The molecule has 2 aliphatic rings. The van der Waals surface area contributed by atoms with Gasteiger partial charge in [-0.25, -0.2) is 0 Å². The van der Waals surface area contributed by atoms with Gasteiger partial charge in [-0.15, -0.1) is 0 Å². The largest absolute Gasteiger partial charge is 0.327 e. The van der Waals surface area contributed by atoms with Crippen LogP contribution in [0.1, 0.15) is 46.0 Å². The number of amides is 4. The van der Waals surface area contributed by atoms with E-state index < -0.39 is 29.7 Å². The molecule has 25 heavy (non-hydrogen) atoms. The van der Waals surface area contributed by atoms with Crippen molar-refractivity contribution in [3.8, 4) is 0 Å². The van der Waals surface area contributed by atoms with Gasteiger partial charge in [-0.05, 0) is 25.0 Å². The number of imide groups is 2. The number of nitrogens with one attached hydrogen (secondary N) is 2. The van der Waals surface area contributed by atoms with Crippen LogP contribution in [0, 0.1) is 0 Å². The number of piperidine rings is 1. The lowest BCUT2D eigenvalue weighted by molar-refractivity contribution is -0.136. The Morgan fingerprint density at radius 1 is 1.28 bits per heavy atom. The fourth-order valence-electron chi connectivity index (χ4n) is 3.17. The minimum Gasteiger partial charge on any atom is -0.327 e. The van der Waals surface area contributed by atoms with Gasteiger partial charge in [0.05, 0.1) is 11.1 Å². The lowest BCUT2D eigenvalue weighted by Gasteiger charge is -2.27. The first-order chi connectivity index (χ1) is 11.9. The number of rotatable bonds is 5. The van der Waals surface area contributed by atoms with Crippen LogP contribution in [-0.2, 0) is 16.1 Å². The molecule has 0 radical (unpaired) electrons. The Morgan fingerprint density at radius 2 is 2.04 bits per heavy atom. The Morgan fingerprint density at radius 3 is 2.72 bits per heavy atom. The van der Waals surface area contributed by atoms with Crippen LogP contribution in [0.3, 0.4) is 0 Å². The highest BCUT2D eigenvalue weighted by Crippen LogP contribution is 2.29. The van der Waals surface area contributed by atoms with Gasteiger partial charge in [0.2, 0.25) is 11.8 Å². The van der Waals surface area contributed by atoms with Gasteiger partial charge in [-0.1, -0.05) is 12.1 Å². The Kier molecular flexibility index (Phi) is 4.65. The van der Waals surface area contributed by atoms with Crippen LogP contribution < -0.4 is 16.4 Å². The molecular formula is C17H20N4O4. The zero-order valence-electron chi connectivity index (χ0n) is 13.9. The van der Waals surface area contributed by atoms with Crippen LogP contribution in [-0.4, -0.2) is 47.2 Å². The topological polar surface area (TPSA) is 122 Å². The smallest absolute Gasteiger partial charge is 0.262 e. The quantitative estimate of drug-likeness (QED) is 0.621. The summed E-state index contributed by atoms with van der Waals surface area (Å²) in [7, 11) is 0. The predicted octanol–water partition coefficient (Wildman–Crippen LogP) is -0.475. The van der Waals surface area contributed by atoms with Crippen molar-refractivity contribution in [1.82, 2.24) is 15.5 Å². The second-order valence-electron chi connectivity index (χ2n) is 6.40. The summed E-state index contributed by atoms with van der Waals surface area (Å²) in [5, 5.41) is 5.33. The highest BCUT2D eigenvalue weighted by Gasteiger charge is 2.45. The van der Waals surface area contributed by atoms with Gasteiger partial charge in [0.25, 0.3) is 11.8 Å². The third kappa shape index (κ3) is 3.18. The van der Waals surface area contributed by atoms with E-state index in [0.29, 0.717) is 24.2 Å². The van der Waals surface area contributed by atoms with Crippen LogP contribution >= 0.6 is 0 Å². The van der Waals surface area contributed by atoms with Gasteiger partial charge in [0.1, 0.15) is 6.04 Å². The van der Waals surface area contributed by atoms with Crippen molar-refractivity contribution in [3.63, 3.8) is 0 Å². The lowest BCUT2D eigenvalue weighted by atomic mass is 10.0. The summed E-state index contributed by atoms with van der Waals surface area (Å²) in [6.45, 7) is 2.83. The number of carbonyl (C=O) groups excluding carboxylic acids is 4. The average molecular weight is 344 g/mol. The van der Waals surface area contributed by atoms with Crippen molar-refractivity contribution in [2.24, 2.45) is 5.73 Å². The third-order valence-corrected chi connectivity index (χ3v) is 4.34. The number of benzene rings is 1. The fourth-order valence-corrected chi connectivity index (χ4v) is 3.17. The molecule has 4 amide bonds. The van der Waals surface area contributed by atoms with Crippen molar-refractivity contribution in [2.45, 2.75) is 38.4 Å². The van der Waals surface area contributed by atoms with E-state index in [1.54, 1.807) is 18.2 Å². The first kappa shape index (κ1) is 17.2. The maximum Gasteiger partial charge on any atom is 0.262 e. The minimum absolute atomic E-state index is 0.0333. The maximum absolute atomic E-state index is 12.8. The second-order valence-corrected chi connectivity index (χ2v) is 6.40. The molecule has 2 atom stereocenters. The molecule has 1 aromatic rings. The molecule has 1 saturated heterocycles. The van der Waals surface area contributed by atoms with Gasteiger partial charge >= 0.3 is 0 Å². The number of hydrogen-bond donors (Lipinski definition) is 3. The van der Waals surface area contributed by atoms with Gasteiger partial charge in [0.15, 0.2) is 0 Å². The number of hydrogen-bond acceptors (Lipinski definition) is 6. The maximum atomic E-state index is 12.8. The van der Waals surface area contributed by atoms with Gasteiger partial charge in [0, 0.05) is 25.6 Å². The summed E-state index contributed by atoms with van der Waals surface area (Å²) in [4.78, 5) is 49.8. The van der Waals surface area contributed by atoms with E-state index in [1.165, 1.54) is 0 Å². The molecule has 8 heteroatoms. The zero-order chi connectivity index (χ0) is 18.1. The van der Waals surface area contributed by atoms with E-state index in [4.69, 9.17) is 5.73 Å². The molecule has 0 bridgehead atoms. The molecule has 0 saturated carbocycles. The normalized spacial score (nSPS) is 21.4. The molecule has 2 heterocycles. The summed E-state index contributed by atoms with van der Waals surface area (Å²) < 4.78 is 0. The second kappa shape index (κ2) is 6.73. The van der Waals surface area contributed by atoms with E-state index in [-0.39, 0.29) is 24.4 Å². The van der Waals surface area contributed by atoms with Gasteiger partial charge in [-0.2, -0.15) is 0 Å². The van der Waals surface area contributed by atoms with Crippen molar-refractivity contribution < 1.29 is 19.2 Å². The third-order valence-electron chi connectivity index (χ3n) is 4.34. The molecule has 0 aliphatic carbocycles. The highest BCUT2D eigenvalue weighted by molar-refractivity contribution is 6.24. The van der Waals surface area contributed by atoms with Crippen molar-refractivity contribution in [1.29, 1.82) is 0 Å². The number of nitrogens with two attached hydrogens (primary N) is 1. The molecule has 132 valence electrons. The van der Waals surface area contributed by atoms with Gasteiger partial charge < -0.3 is 11.1 Å². The molecule has 4 N–H and O–H groups in total. The number of carbonyl (C=O) groups is 4. The molecule has 2 aliphatic heterocycles. The standard InChI is InChI=1S/C17H20N4O4/c1-9(18)7-19-8-10-3-2-4-11-14(10)17(25)21(16(11)24)12-5-6-13(22)20-15(12)23/h2-4,9,12,19H,5-8,18H2,1H3,(H,20,22,23)/t9-,12?/m0/s1. The summed E-state index contributed by atoms with van der Waals surface area (Å²) >= 11 is 0. The average Bonchev–Trinajstić information content (AvgIpc) is 2.80. The Bertz CT molecular complexity index is 759. The van der Waals surface area contributed by atoms with E-state index in [1.807, 2.05) is 6.92 Å². The first-order valence-corrected chi connectivity index (χ1v) is 8.20. The summed E-state index contributed by atoms with van der Waals surface area (Å²) in [5.41, 5.74) is 6.99. The lowest BCUT2D eigenvalue weighted by Crippen LogP contribution is -2.54. The summed E-state index contributed by atoms with van der Waals surface area (Å²) in [6, 6.07) is 4.08. The van der Waals surface area contributed by atoms with Gasteiger partial charge in [-0.3, -0.25) is 29.4 Å². The van der Waals surface area contributed by atoms with Crippen molar-refractivity contribution in [2.75, 3.05) is 6.54 Å². The minimum atomic E-state index is -0.949. The van der Waals surface area contributed by atoms with E-state index in [0.717, 1.165) is 4.90 Å². The molecular weight excluding hydrogens is 324 g/mol. The number of fused-ring (bicyclic) bond motifs is 1. The molecule has 1 unspecified atom stereocenters. The number of nitrogens with zero attached hydrogens (tertiary/aromatic N) is 1. The van der Waals surface area contributed by atoms with Crippen molar-refractivity contribution in [3.05, 3.63) is 34.9 Å². The molecule has 8 nitrogen and oxygen atoms in total. The molecule has 0 aromatic heterocycles. The molecule has 0 spiro atoms. The molecule has 1 aromatic carbocycles. The van der Waals surface area contributed by atoms with Crippen LogP contribution in [0.25, 0.3) is 0 Å². The fraction of sp³-hybridized carbons (Fsp3) is 0.412. The Hall–Kier alpha value is -2.58. The molecule has 1 fully saturated rings. The Labute approximate surface area is 144 Å². The van der Waals surface area contributed by atoms with E-state index in [9.17, 15) is 19.2 Å². The van der Waals surface area contributed by atoms with E-state index in [2.05, 4.69) is 10.6 Å². The highest BCUT2D eigenvalue weighted by atomic mass is 16.2. The summed E-state index contributed by atoms with van der Waals surface area (Å²) in [5.74, 6) is -1.99.